The van der Waals surface area contributed by atoms with E-state index in [4.69, 9.17) is 10.5 Å². The van der Waals surface area contributed by atoms with Crippen LogP contribution in [-0.4, -0.2) is 40.5 Å². The number of nitrogens with two attached hydrogens (primary N) is 1. The number of halogens is 4. The van der Waals surface area contributed by atoms with Crippen LogP contribution in [0.2, 0.25) is 0 Å². The van der Waals surface area contributed by atoms with Gasteiger partial charge in [0.15, 0.2) is 6.10 Å². The Kier molecular flexibility index (Phi) is 6.92. The van der Waals surface area contributed by atoms with Crippen molar-refractivity contribution in [2.75, 3.05) is 0 Å². The summed E-state index contributed by atoms with van der Waals surface area (Å²) in [4.78, 5) is 31.7. The molecular weight excluding hydrogens is 457 g/mol. The largest absolute Gasteiger partial charge is 0.480 e. The summed E-state index contributed by atoms with van der Waals surface area (Å²) in [6.45, 7) is 3.75. The van der Waals surface area contributed by atoms with Crippen molar-refractivity contribution in [3.63, 3.8) is 0 Å². The molecule has 1 aromatic heterocycles. The predicted octanol–water partition coefficient (Wildman–Crippen LogP) is 3.37. The second-order valence-corrected chi connectivity index (χ2v) is 8.11. The molecule has 7 nitrogen and oxygen atoms in total. The third-order valence-electron chi connectivity index (χ3n) is 4.44. The lowest BCUT2D eigenvalue weighted by molar-refractivity contribution is -0.189. The van der Waals surface area contributed by atoms with Gasteiger partial charge in [0.25, 0.3) is 5.91 Å². The van der Waals surface area contributed by atoms with Gasteiger partial charge in [0, 0.05) is 19.2 Å². The number of nitrogens with zero attached hydrogens (tertiary/aromatic N) is 2. The van der Waals surface area contributed by atoms with Gasteiger partial charge in [-0.15, -0.1) is 0 Å². The number of carbonyl (C=O) groups excluding carboxylic acids is 2. The number of amides is 2. The highest BCUT2D eigenvalue weighted by Gasteiger charge is 2.40. The van der Waals surface area contributed by atoms with Crippen molar-refractivity contribution in [3.05, 3.63) is 22.4 Å². The van der Waals surface area contributed by atoms with Crippen LogP contribution in [0.1, 0.15) is 50.5 Å². The minimum atomic E-state index is -4.56. The Balaban J connectivity index is 2.25. The lowest BCUT2D eigenvalue weighted by Crippen LogP contribution is -2.56. The van der Waals surface area contributed by atoms with Crippen LogP contribution in [-0.2, 0) is 4.79 Å². The van der Waals surface area contributed by atoms with Gasteiger partial charge in [-0.25, -0.2) is 4.98 Å². The Labute approximate surface area is 174 Å². The number of nitrogens with one attached hydrogen (secondary N) is 1. The predicted molar refractivity (Wildman–Crippen MR) is 104 cm³/mol. The van der Waals surface area contributed by atoms with Crippen LogP contribution in [0.3, 0.4) is 0 Å². The molecule has 160 valence electrons. The highest BCUT2D eigenvalue weighted by atomic mass is 79.9. The number of rotatable bonds is 7. The smallest absolute Gasteiger partial charge is 0.425 e. The fourth-order valence-electron chi connectivity index (χ4n) is 2.62. The molecule has 2 atom stereocenters. The molecule has 1 fully saturated rings. The normalized spacial score (nSPS) is 18.0. The number of amidine groups is 1. The third kappa shape index (κ3) is 6.41. The Morgan fingerprint density at radius 1 is 1.45 bits per heavy atom. The minimum Gasteiger partial charge on any atom is -0.480 e. The standard InChI is InChI=1S/C18H22BrF3N4O3/c1-9(18(20,21)22)29-14-6-13(24-8-12(14)19)15(28)26-17(3,7-11-4-5-11)16(23)25-10(2)27/h6,8-9,11H,4-5,7H2,1-3H3,(H,26,28)(H2,23,25,27)/t9-,17?/m0/s1. The van der Waals surface area contributed by atoms with Crippen molar-refractivity contribution in [2.24, 2.45) is 16.6 Å². The Morgan fingerprint density at radius 2 is 2.07 bits per heavy atom. The highest BCUT2D eigenvalue weighted by molar-refractivity contribution is 9.10. The van der Waals surface area contributed by atoms with Gasteiger partial charge < -0.3 is 15.8 Å². The number of aromatic nitrogens is 1. The first-order valence-corrected chi connectivity index (χ1v) is 9.68. The zero-order valence-corrected chi connectivity index (χ0v) is 17.7. The van der Waals surface area contributed by atoms with Crippen LogP contribution in [0, 0.1) is 5.92 Å². The first-order chi connectivity index (χ1) is 13.3. The quantitative estimate of drug-likeness (QED) is 0.461. The molecule has 3 N–H and O–H groups in total. The van der Waals surface area contributed by atoms with Crippen molar-refractivity contribution < 1.29 is 27.5 Å². The van der Waals surface area contributed by atoms with Crippen molar-refractivity contribution in [1.82, 2.24) is 10.3 Å². The molecule has 0 saturated heterocycles. The maximum absolute atomic E-state index is 12.8. The summed E-state index contributed by atoms with van der Waals surface area (Å²) in [5.74, 6) is -1.05. The fourth-order valence-corrected chi connectivity index (χ4v) is 2.93. The van der Waals surface area contributed by atoms with E-state index in [2.05, 4.69) is 31.2 Å². The van der Waals surface area contributed by atoms with Crippen molar-refractivity contribution in [3.8, 4) is 5.75 Å². The summed E-state index contributed by atoms with van der Waals surface area (Å²) in [6.07, 6.45) is -3.03. The molecule has 1 aliphatic rings. The molecule has 2 amide bonds. The van der Waals surface area contributed by atoms with E-state index < -0.39 is 29.6 Å². The van der Waals surface area contributed by atoms with Crippen LogP contribution in [0.25, 0.3) is 0 Å². The summed E-state index contributed by atoms with van der Waals surface area (Å²) in [5.41, 5.74) is 4.70. The molecule has 1 unspecified atom stereocenters. The monoisotopic (exact) mass is 478 g/mol. The highest BCUT2D eigenvalue weighted by Crippen LogP contribution is 2.37. The summed E-state index contributed by atoms with van der Waals surface area (Å²) in [5, 5.41) is 2.71. The van der Waals surface area contributed by atoms with E-state index in [0.29, 0.717) is 12.3 Å². The number of alkyl halides is 3. The van der Waals surface area contributed by atoms with Gasteiger partial charge in [-0.05, 0) is 42.1 Å². The SMILES string of the molecule is CC(=O)N=C(N)C(C)(CC1CC1)NC(=O)c1cc(O[C@@H](C)C(F)(F)F)c(Br)cn1. The van der Waals surface area contributed by atoms with Gasteiger partial charge in [-0.2, -0.15) is 18.2 Å². The zero-order valence-electron chi connectivity index (χ0n) is 16.1. The lowest BCUT2D eigenvalue weighted by atomic mass is 9.93. The molecule has 1 heterocycles. The van der Waals surface area contributed by atoms with Crippen molar-refractivity contribution in [1.29, 1.82) is 0 Å². The second kappa shape index (κ2) is 8.68. The van der Waals surface area contributed by atoms with Gasteiger partial charge in [0.05, 0.1) is 10.0 Å². The van der Waals surface area contributed by atoms with Gasteiger partial charge in [-0.1, -0.05) is 12.8 Å². The third-order valence-corrected chi connectivity index (χ3v) is 5.04. The van der Waals surface area contributed by atoms with Crippen LogP contribution in [0.4, 0.5) is 13.2 Å². The molecular formula is C18H22BrF3N4O3. The Morgan fingerprint density at radius 3 is 2.59 bits per heavy atom. The maximum atomic E-state index is 12.8. The molecule has 1 saturated carbocycles. The fraction of sp³-hybridized carbons (Fsp3) is 0.556. The summed E-state index contributed by atoms with van der Waals surface area (Å²) in [6, 6.07) is 1.11. The molecule has 2 rings (SSSR count). The van der Waals surface area contributed by atoms with Gasteiger partial charge in [-0.3, -0.25) is 9.59 Å². The van der Waals surface area contributed by atoms with Crippen molar-refractivity contribution in [2.45, 2.75) is 57.9 Å². The van der Waals surface area contributed by atoms with E-state index in [1.54, 1.807) is 6.92 Å². The number of pyridine rings is 1. The molecule has 0 bridgehead atoms. The molecule has 1 aliphatic carbocycles. The second-order valence-electron chi connectivity index (χ2n) is 7.25. The van der Waals surface area contributed by atoms with Crippen molar-refractivity contribution >= 4 is 33.6 Å². The topological polar surface area (TPSA) is 107 Å². The molecule has 0 radical (unpaired) electrons. The number of hydrogen-bond donors (Lipinski definition) is 2. The van der Waals surface area contributed by atoms with Crippen LogP contribution < -0.4 is 15.8 Å². The molecule has 1 aromatic rings. The van der Waals surface area contributed by atoms with Crippen LogP contribution >= 0.6 is 15.9 Å². The number of hydrogen-bond acceptors (Lipinski definition) is 4. The Hall–Kier alpha value is -2.17. The van der Waals surface area contributed by atoms with E-state index in [0.717, 1.165) is 25.8 Å². The summed E-state index contributed by atoms with van der Waals surface area (Å²) in [7, 11) is 0. The van der Waals surface area contributed by atoms with Gasteiger partial charge in [0.1, 0.15) is 17.3 Å². The molecule has 0 aromatic carbocycles. The number of aliphatic imine (C=N–C) groups is 1. The summed E-state index contributed by atoms with van der Waals surface area (Å²) < 4.78 is 43.4. The van der Waals surface area contributed by atoms with Crippen LogP contribution in [0.5, 0.6) is 5.75 Å². The van der Waals surface area contributed by atoms with Crippen LogP contribution in [0.15, 0.2) is 21.7 Å². The zero-order chi connectivity index (χ0) is 22.0. The molecule has 0 spiro atoms. The van der Waals surface area contributed by atoms with E-state index in [-0.39, 0.29) is 21.8 Å². The molecule has 11 heteroatoms. The van der Waals surface area contributed by atoms with E-state index in [1.165, 1.54) is 13.1 Å². The van der Waals surface area contributed by atoms with E-state index in [9.17, 15) is 22.8 Å². The molecule has 29 heavy (non-hydrogen) atoms. The molecule has 0 aliphatic heterocycles. The first-order valence-electron chi connectivity index (χ1n) is 8.88. The number of ether oxygens (including phenoxy) is 1. The van der Waals surface area contributed by atoms with Gasteiger partial charge >= 0.3 is 6.18 Å². The summed E-state index contributed by atoms with van der Waals surface area (Å²) >= 11 is 3.06. The lowest BCUT2D eigenvalue weighted by Gasteiger charge is -2.30. The maximum Gasteiger partial charge on any atom is 0.425 e. The average molecular weight is 479 g/mol. The first kappa shape index (κ1) is 23.1. The average Bonchev–Trinajstić information content (AvgIpc) is 3.38. The van der Waals surface area contributed by atoms with E-state index >= 15 is 0 Å². The minimum absolute atomic E-state index is 0.0375. The Bertz CT molecular complexity index is 827. The number of carbonyl (C=O) groups is 2. The van der Waals surface area contributed by atoms with Gasteiger partial charge in [0.2, 0.25) is 5.91 Å². The van der Waals surface area contributed by atoms with E-state index in [1.807, 2.05) is 0 Å².